The molecule has 0 saturated carbocycles. The van der Waals surface area contributed by atoms with E-state index >= 15 is 0 Å². The van der Waals surface area contributed by atoms with Gasteiger partial charge in [0.15, 0.2) is 5.13 Å². The third-order valence-electron chi connectivity index (χ3n) is 5.46. The fourth-order valence-corrected chi connectivity index (χ4v) is 5.42. The molecule has 1 amide bonds. The maximum absolute atomic E-state index is 13.2. The van der Waals surface area contributed by atoms with Gasteiger partial charge in [-0.3, -0.25) is 9.69 Å². The van der Waals surface area contributed by atoms with Crippen LogP contribution in [0, 0.1) is 6.92 Å². The van der Waals surface area contributed by atoms with Crippen LogP contribution in [-0.4, -0.2) is 54.8 Å². The van der Waals surface area contributed by atoms with Gasteiger partial charge < -0.3 is 9.64 Å². The first-order valence-corrected chi connectivity index (χ1v) is 13.0. The molecule has 8 heteroatoms. The van der Waals surface area contributed by atoms with E-state index in [9.17, 15) is 4.79 Å². The molecule has 1 heterocycles. The molecule has 0 aliphatic rings. The van der Waals surface area contributed by atoms with E-state index in [1.165, 1.54) is 10.5 Å². The number of carbonyl (C=O) groups is 1. The molecule has 1 aromatic heterocycles. The number of amides is 1. The molecule has 0 radical (unpaired) electrons. The third kappa shape index (κ3) is 7.88. The number of thioether (sulfide) groups is 1. The second-order valence-electron chi connectivity index (χ2n) is 7.67. The summed E-state index contributed by atoms with van der Waals surface area (Å²) in [4.78, 5) is 23.4. The number of nitrogens with zero attached hydrogens (tertiary/aromatic N) is 3. The van der Waals surface area contributed by atoms with Crippen molar-refractivity contribution in [3.8, 4) is 5.75 Å². The highest BCUT2D eigenvalue weighted by molar-refractivity contribution is 7.99. The Kier molecular flexibility index (Phi) is 11.5. The van der Waals surface area contributed by atoms with E-state index in [1.807, 2.05) is 23.1 Å². The number of halogens is 1. The van der Waals surface area contributed by atoms with Crippen LogP contribution in [0.25, 0.3) is 10.2 Å². The van der Waals surface area contributed by atoms with Crippen molar-refractivity contribution in [3.63, 3.8) is 0 Å². The number of ether oxygens (including phenoxy) is 1. The minimum Gasteiger partial charge on any atom is -0.497 e. The number of aryl methyl sites for hydroxylation is 1. The summed E-state index contributed by atoms with van der Waals surface area (Å²) in [5.74, 6) is 1.92. The molecule has 33 heavy (non-hydrogen) atoms. The first kappa shape index (κ1) is 27.4. The van der Waals surface area contributed by atoms with Crippen molar-refractivity contribution in [1.82, 2.24) is 9.88 Å². The monoisotopic (exact) mass is 507 g/mol. The summed E-state index contributed by atoms with van der Waals surface area (Å²) in [6.45, 7) is 9.90. The molecular formula is C25H34ClN3O2S2. The van der Waals surface area contributed by atoms with E-state index in [1.54, 1.807) is 30.2 Å². The summed E-state index contributed by atoms with van der Waals surface area (Å²) < 4.78 is 6.35. The Morgan fingerprint density at radius 3 is 2.48 bits per heavy atom. The SMILES string of the molecule is CCN(CC)CCN(C(=O)CCCSc1ccc(OC)cc1)c1nc2ccc(C)cc2s1.Cl. The lowest BCUT2D eigenvalue weighted by atomic mass is 10.2. The number of rotatable bonds is 12. The largest absolute Gasteiger partial charge is 0.497 e. The van der Waals surface area contributed by atoms with Crippen LogP contribution in [0.4, 0.5) is 5.13 Å². The average molecular weight is 508 g/mol. The topological polar surface area (TPSA) is 45.7 Å². The molecule has 0 bridgehead atoms. The number of carbonyl (C=O) groups excluding carboxylic acids is 1. The Hall–Kier alpha value is -1.80. The van der Waals surface area contributed by atoms with Crippen LogP contribution in [-0.2, 0) is 4.79 Å². The van der Waals surface area contributed by atoms with E-state index in [-0.39, 0.29) is 18.3 Å². The third-order valence-corrected chi connectivity index (χ3v) is 7.60. The minimum atomic E-state index is 0. The molecular weight excluding hydrogens is 474 g/mol. The highest BCUT2D eigenvalue weighted by Gasteiger charge is 2.20. The molecule has 0 aliphatic carbocycles. The second kappa shape index (κ2) is 13.8. The zero-order chi connectivity index (χ0) is 22.9. The number of anilines is 1. The van der Waals surface area contributed by atoms with Crippen LogP contribution >= 0.6 is 35.5 Å². The number of methoxy groups -OCH3 is 1. The Morgan fingerprint density at radius 2 is 1.82 bits per heavy atom. The van der Waals surface area contributed by atoms with Gasteiger partial charge in [0, 0.05) is 24.4 Å². The zero-order valence-electron chi connectivity index (χ0n) is 19.9. The van der Waals surface area contributed by atoms with Crippen LogP contribution < -0.4 is 9.64 Å². The Balaban J connectivity index is 0.00000385. The summed E-state index contributed by atoms with van der Waals surface area (Å²) in [6, 6.07) is 14.3. The fraction of sp³-hybridized carbons (Fsp3) is 0.440. The second-order valence-corrected chi connectivity index (χ2v) is 9.84. The number of hydrogen-bond donors (Lipinski definition) is 0. The van der Waals surface area contributed by atoms with E-state index < -0.39 is 0 Å². The van der Waals surface area contributed by atoms with Gasteiger partial charge in [0.2, 0.25) is 5.91 Å². The minimum absolute atomic E-state index is 0. The van der Waals surface area contributed by atoms with Gasteiger partial charge in [-0.1, -0.05) is 31.3 Å². The van der Waals surface area contributed by atoms with Gasteiger partial charge in [-0.05, 0) is 74.1 Å². The molecule has 0 N–H and O–H groups in total. The molecule has 0 spiro atoms. The summed E-state index contributed by atoms with van der Waals surface area (Å²) in [5.41, 5.74) is 2.18. The Morgan fingerprint density at radius 1 is 1.09 bits per heavy atom. The lowest BCUT2D eigenvalue weighted by Gasteiger charge is -2.24. The predicted octanol–water partition coefficient (Wildman–Crippen LogP) is 6.28. The standard InChI is InChI=1S/C25H33N3O2S2.ClH/c1-5-27(6-2)15-16-28(25-26-22-14-9-19(3)18-23(22)32-25)24(29)8-7-17-31-21-12-10-20(30-4)11-13-21;/h9-14,18H,5-8,15-17H2,1-4H3;1H. The van der Waals surface area contributed by atoms with Gasteiger partial charge in [0.1, 0.15) is 5.75 Å². The van der Waals surface area contributed by atoms with E-state index in [4.69, 9.17) is 9.72 Å². The summed E-state index contributed by atoms with van der Waals surface area (Å²) in [6.07, 6.45) is 1.36. The summed E-state index contributed by atoms with van der Waals surface area (Å²) in [7, 11) is 1.67. The highest BCUT2D eigenvalue weighted by atomic mass is 35.5. The zero-order valence-corrected chi connectivity index (χ0v) is 22.3. The lowest BCUT2D eigenvalue weighted by molar-refractivity contribution is -0.118. The number of likely N-dealkylation sites (N-methyl/N-ethyl adjacent to an activating group) is 1. The first-order chi connectivity index (χ1) is 15.5. The number of benzene rings is 2. The van der Waals surface area contributed by atoms with E-state index in [0.717, 1.165) is 52.9 Å². The van der Waals surface area contributed by atoms with Gasteiger partial charge in [-0.15, -0.1) is 24.2 Å². The van der Waals surface area contributed by atoms with Crippen molar-refractivity contribution < 1.29 is 9.53 Å². The van der Waals surface area contributed by atoms with Crippen LogP contribution in [0.1, 0.15) is 32.3 Å². The van der Waals surface area contributed by atoms with Gasteiger partial charge in [-0.2, -0.15) is 0 Å². The smallest absolute Gasteiger partial charge is 0.228 e. The summed E-state index contributed by atoms with van der Waals surface area (Å²) in [5, 5.41) is 0.811. The molecule has 3 aromatic rings. The molecule has 0 atom stereocenters. The van der Waals surface area contributed by atoms with Crippen molar-refractivity contribution >= 4 is 56.8 Å². The van der Waals surface area contributed by atoms with Crippen LogP contribution in [0.3, 0.4) is 0 Å². The van der Waals surface area contributed by atoms with Crippen molar-refractivity contribution in [3.05, 3.63) is 48.0 Å². The highest BCUT2D eigenvalue weighted by Crippen LogP contribution is 2.30. The molecule has 2 aromatic carbocycles. The lowest BCUT2D eigenvalue weighted by Crippen LogP contribution is -2.38. The van der Waals surface area contributed by atoms with Crippen LogP contribution in [0.15, 0.2) is 47.4 Å². The predicted molar refractivity (Wildman–Crippen MR) is 145 cm³/mol. The Labute approximate surface area is 211 Å². The fourth-order valence-electron chi connectivity index (χ4n) is 3.46. The molecule has 5 nitrogen and oxygen atoms in total. The van der Waals surface area contributed by atoms with Gasteiger partial charge in [-0.25, -0.2) is 4.98 Å². The van der Waals surface area contributed by atoms with E-state index in [2.05, 4.69) is 49.9 Å². The van der Waals surface area contributed by atoms with Gasteiger partial charge >= 0.3 is 0 Å². The van der Waals surface area contributed by atoms with Crippen LogP contribution in [0.5, 0.6) is 5.75 Å². The molecule has 3 rings (SSSR count). The number of hydrogen-bond acceptors (Lipinski definition) is 6. The first-order valence-electron chi connectivity index (χ1n) is 11.2. The normalized spacial score (nSPS) is 10.9. The van der Waals surface area contributed by atoms with Crippen molar-refractivity contribution in [2.75, 3.05) is 43.9 Å². The van der Waals surface area contributed by atoms with Crippen molar-refractivity contribution in [2.45, 2.75) is 38.5 Å². The van der Waals surface area contributed by atoms with E-state index in [0.29, 0.717) is 13.0 Å². The molecule has 0 fully saturated rings. The molecule has 0 aliphatic heterocycles. The number of aromatic nitrogens is 1. The number of thiazole rings is 1. The summed E-state index contributed by atoms with van der Waals surface area (Å²) >= 11 is 3.39. The van der Waals surface area contributed by atoms with Gasteiger partial charge in [0.25, 0.3) is 0 Å². The average Bonchev–Trinajstić information content (AvgIpc) is 3.22. The molecule has 180 valence electrons. The number of fused-ring (bicyclic) bond motifs is 1. The molecule has 0 unspecified atom stereocenters. The van der Waals surface area contributed by atoms with Crippen molar-refractivity contribution in [2.24, 2.45) is 0 Å². The Bertz CT molecular complexity index is 1010. The van der Waals surface area contributed by atoms with Crippen molar-refractivity contribution in [1.29, 1.82) is 0 Å². The van der Waals surface area contributed by atoms with Gasteiger partial charge in [0.05, 0.1) is 17.3 Å². The maximum Gasteiger partial charge on any atom is 0.228 e. The molecule has 0 saturated heterocycles. The maximum atomic E-state index is 13.2. The van der Waals surface area contributed by atoms with Crippen LogP contribution in [0.2, 0.25) is 0 Å². The quantitative estimate of drug-likeness (QED) is 0.213.